The van der Waals surface area contributed by atoms with E-state index in [0.29, 0.717) is 5.41 Å². The van der Waals surface area contributed by atoms with Gasteiger partial charge < -0.3 is 15.3 Å². The van der Waals surface area contributed by atoms with Crippen molar-refractivity contribution in [3.8, 4) is 0 Å². The van der Waals surface area contributed by atoms with E-state index in [4.69, 9.17) is 0 Å². The van der Waals surface area contributed by atoms with E-state index in [1.807, 2.05) is 0 Å². The van der Waals surface area contributed by atoms with E-state index >= 15 is 0 Å². The van der Waals surface area contributed by atoms with Gasteiger partial charge in [0.25, 0.3) is 0 Å². The van der Waals surface area contributed by atoms with E-state index in [0.717, 1.165) is 39.1 Å². The molecular weight excluding hydrogens is 188 g/mol. The predicted molar refractivity (Wildman–Crippen MR) is 64.0 cm³/mol. The fourth-order valence-electron chi connectivity index (χ4n) is 2.22. The van der Waals surface area contributed by atoms with Crippen LogP contribution < -0.4 is 5.32 Å². The summed E-state index contributed by atoms with van der Waals surface area (Å²) >= 11 is 0. The summed E-state index contributed by atoms with van der Waals surface area (Å²) in [6, 6.07) is 0. The Labute approximate surface area is 93.9 Å². The van der Waals surface area contributed by atoms with Crippen LogP contribution in [0.4, 0.5) is 0 Å². The molecule has 1 rings (SSSR count). The lowest BCUT2D eigenvalue weighted by Gasteiger charge is -2.30. The molecule has 0 spiro atoms. The van der Waals surface area contributed by atoms with Crippen molar-refractivity contribution in [3.05, 3.63) is 0 Å². The van der Waals surface area contributed by atoms with Crippen LogP contribution in [0.15, 0.2) is 0 Å². The van der Waals surface area contributed by atoms with Gasteiger partial charge in [-0.15, -0.1) is 0 Å². The maximum Gasteiger partial charge on any atom is 0.0679 e. The lowest BCUT2D eigenvalue weighted by atomic mass is 9.92. The molecular formula is C12H26N2O. The topological polar surface area (TPSA) is 35.5 Å². The minimum absolute atomic E-state index is 0.0931. The maximum absolute atomic E-state index is 9.45. The van der Waals surface area contributed by atoms with Gasteiger partial charge >= 0.3 is 0 Å². The number of aliphatic hydroxyl groups is 1. The zero-order chi connectivity index (χ0) is 11.3. The molecule has 0 aromatic carbocycles. The number of β-amino-alcohol motifs (C(OH)–C–C–N with tert-alkyl or cyclic N) is 1. The number of hydrogen-bond donors (Lipinski definition) is 2. The molecule has 15 heavy (non-hydrogen) atoms. The van der Waals surface area contributed by atoms with Crippen molar-refractivity contribution in [2.45, 2.75) is 39.7 Å². The Balaban J connectivity index is 2.22. The number of nitrogens with one attached hydrogen (secondary N) is 1. The lowest BCUT2D eigenvalue weighted by molar-refractivity contribution is 0.153. The number of hydrogen-bond acceptors (Lipinski definition) is 3. The van der Waals surface area contributed by atoms with Crippen LogP contribution >= 0.6 is 0 Å². The molecule has 1 unspecified atom stereocenters. The van der Waals surface area contributed by atoms with Gasteiger partial charge in [0.2, 0.25) is 0 Å². The van der Waals surface area contributed by atoms with Gasteiger partial charge in [-0.05, 0) is 24.8 Å². The van der Waals surface area contributed by atoms with Gasteiger partial charge in [-0.2, -0.15) is 0 Å². The van der Waals surface area contributed by atoms with E-state index < -0.39 is 0 Å². The van der Waals surface area contributed by atoms with Crippen molar-refractivity contribution < 1.29 is 5.11 Å². The van der Waals surface area contributed by atoms with E-state index in [1.54, 1.807) is 0 Å². The van der Waals surface area contributed by atoms with Crippen LogP contribution in [-0.4, -0.2) is 48.8 Å². The summed E-state index contributed by atoms with van der Waals surface area (Å²) in [6.45, 7) is 11.9. The molecule has 1 aliphatic heterocycles. The largest absolute Gasteiger partial charge is 0.392 e. The molecule has 0 saturated carbocycles. The SMILES string of the molecule is CCCNCC(C)(C)CN1CCC(O)C1. The molecule has 1 heterocycles. The Kier molecular flexibility index (Phi) is 5.03. The number of rotatable bonds is 6. The van der Waals surface area contributed by atoms with Crippen molar-refractivity contribution in [2.24, 2.45) is 5.41 Å². The minimum atomic E-state index is -0.0931. The Morgan fingerprint density at radius 3 is 2.73 bits per heavy atom. The monoisotopic (exact) mass is 214 g/mol. The zero-order valence-electron chi connectivity index (χ0n) is 10.4. The quantitative estimate of drug-likeness (QED) is 0.650. The number of likely N-dealkylation sites (tertiary alicyclic amines) is 1. The third kappa shape index (κ3) is 4.96. The molecule has 0 aromatic heterocycles. The predicted octanol–water partition coefficient (Wildman–Crippen LogP) is 1.08. The van der Waals surface area contributed by atoms with Gasteiger partial charge in [0.1, 0.15) is 0 Å². The van der Waals surface area contributed by atoms with Gasteiger partial charge in [0, 0.05) is 26.2 Å². The summed E-state index contributed by atoms with van der Waals surface area (Å²) in [5, 5.41) is 12.9. The Morgan fingerprint density at radius 2 is 2.20 bits per heavy atom. The molecule has 3 heteroatoms. The van der Waals surface area contributed by atoms with Crippen LogP contribution in [0, 0.1) is 5.41 Å². The summed E-state index contributed by atoms with van der Waals surface area (Å²) < 4.78 is 0. The Hall–Kier alpha value is -0.120. The van der Waals surface area contributed by atoms with Crippen LogP contribution in [0.3, 0.4) is 0 Å². The third-order valence-electron chi connectivity index (χ3n) is 2.93. The molecule has 2 N–H and O–H groups in total. The van der Waals surface area contributed by atoms with Gasteiger partial charge in [-0.3, -0.25) is 0 Å². The second kappa shape index (κ2) is 5.83. The summed E-state index contributed by atoms with van der Waals surface area (Å²) in [5.74, 6) is 0. The third-order valence-corrected chi connectivity index (χ3v) is 2.93. The van der Waals surface area contributed by atoms with E-state index in [2.05, 4.69) is 31.0 Å². The first-order chi connectivity index (χ1) is 7.03. The normalized spacial score (nSPS) is 23.6. The van der Waals surface area contributed by atoms with Crippen LogP contribution in [-0.2, 0) is 0 Å². The van der Waals surface area contributed by atoms with Crippen molar-refractivity contribution in [1.29, 1.82) is 0 Å². The second-order valence-electron chi connectivity index (χ2n) is 5.52. The number of aliphatic hydroxyl groups excluding tert-OH is 1. The zero-order valence-corrected chi connectivity index (χ0v) is 10.4. The minimum Gasteiger partial charge on any atom is -0.392 e. The van der Waals surface area contributed by atoms with Crippen molar-refractivity contribution >= 4 is 0 Å². The van der Waals surface area contributed by atoms with Gasteiger partial charge in [0.15, 0.2) is 0 Å². The summed E-state index contributed by atoms with van der Waals surface area (Å²) in [5.41, 5.74) is 0.305. The fourth-order valence-corrected chi connectivity index (χ4v) is 2.22. The molecule has 1 aliphatic rings. The first kappa shape index (κ1) is 12.9. The van der Waals surface area contributed by atoms with Gasteiger partial charge in [0.05, 0.1) is 6.10 Å². The van der Waals surface area contributed by atoms with Gasteiger partial charge in [-0.1, -0.05) is 20.8 Å². The Morgan fingerprint density at radius 1 is 1.47 bits per heavy atom. The molecule has 1 fully saturated rings. The average Bonchev–Trinajstić information content (AvgIpc) is 2.50. The van der Waals surface area contributed by atoms with E-state index in [9.17, 15) is 5.11 Å². The molecule has 0 radical (unpaired) electrons. The van der Waals surface area contributed by atoms with Crippen LogP contribution in [0.5, 0.6) is 0 Å². The fraction of sp³-hybridized carbons (Fsp3) is 1.00. The summed E-state index contributed by atoms with van der Waals surface area (Å²) in [7, 11) is 0. The molecule has 90 valence electrons. The summed E-state index contributed by atoms with van der Waals surface area (Å²) in [6.07, 6.45) is 2.04. The highest BCUT2D eigenvalue weighted by atomic mass is 16.3. The highest BCUT2D eigenvalue weighted by Gasteiger charge is 2.26. The molecule has 3 nitrogen and oxygen atoms in total. The second-order valence-corrected chi connectivity index (χ2v) is 5.52. The average molecular weight is 214 g/mol. The van der Waals surface area contributed by atoms with Crippen molar-refractivity contribution in [2.75, 3.05) is 32.7 Å². The molecule has 1 saturated heterocycles. The molecule has 0 aromatic rings. The first-order valence-electron chi connectivity index (χ1n) is 6.14. The van der Waals surface area contributed by atoms with Crippen LogP contribution in [0.1, 0.15) is 33.6 Å². The maximum atomic E-state index is 9.45. The lowest BCUT2D eigenvalue weighted by Crippen LogP contribution is -2.40. The highest BCUT2D eigenvalue weighted by molar-refractivity contribution is 4.81. The molecule has 1 atom stereocenters. The van der Waals surface area contributed by atoms with E-state index in [1.165, 1.54) is 6.42 Å². The van der Waals surface area contributed by atoms with Crippen LogP contribution in [0.25, 0.3) is 0 Å². The Bertz CT molecular complexity index is 182. The highest BCUT2D eigenvalue weighted by Crippen LogP contribution is 2.19. The first-order valence-corrected chi connectivity index (χ1v) is 6.14. The molecule has 0 aliphatic carbocycles. The van der Waals surface area contributed by atoms with Gasteiger partial charge in [-0.25, -0.2) is 0 Å². The summed E-state index contributed by atoms with van der Waals surface area (Å²) in [4.78, 5) is 2.37. The molecule has 0 amide bonds. The van der Waals surface area contributed by atoms with E-state index in [-0.39, 0.29) is 6.10 Å². The van der Waals surface area contributed by atoms with Crippen molar-refractivity contribution in [3.63, 3.8) is 0 Å². The number of nitrogens with zero attached hydrogens (tertiary/aromatic N) is 1. The van der Waals surface area contributed by atoms with Crippen LogP contribution in [0.2, 0.25) is 0 Å². The molecule has 0 bridgehead atoms. The smallest absolute Gasteiger partial charge is 0.0679 e. The van der Waals surface area contributed by atoms with Crippen molar-refractivity contribution in [1.82, 2.24) is 10.2 Å². The standard InChI is InChI=1S/C12H26N2O/c1-4-6-13-9-12(2,3)10-14-7-5-11(15)8-14/h11,13,15H,4-10H2,1-3H3.